The maximum absolute atomic E-state index is 9.25. The van der Waals surface area contributed by atoms with Crippen molar-refractivity contribution in [2.75, 3.05) is 26.4 Å². The van der Waals surface area contributed by atoms with Gasteiger partial charge in [-0.05, 0) is 12.8 Å². The molecule has 6 heteroatoms. The molecular formula is C14H21N3O3. The first kappa shape index (κ1) is 18.4. The highest BCUT2D eigenvalue weighted by molar-refractivity contribution is 4.89. The van der Waals surface area contributed by atoms with Crippen LogP contribution in [-0.2, 0) is 4.74 Å². The summed E-state index contributed by atoms with van der Waals surface area (Å²) >= 11 is 0. The molecular weight excluding hydrogens is 258 g/mol. The van der Waals surface area contributed by atoms with Crippen LogP contribution in [0.1, 0.15) is 32.1 Å². The Hall–Kier alpha value is -1.65. The van der Waals surface area contributed by atoms with Crippen molar-refractivity contribution in [3.63, 3.8) is 0 Å². The molecule has 0 heterocycles. The summed E-state index contributed by atoms with van der Waals surface area (Å²) in [5.41, 5.74) is -0.384. The zero-order chi connectivity index (χ0) is 15.3. The van der Waals surface area contributed by atoms with E-state index < -0.39 is 6.10 Å². The van der Waals surface area contributed by atoms with E-state index in [4.69, 9.17) is 26.9 Å². The third kappa shape index (κ3) is 7.71. The summed E-state index contributed by atoms with van der Waals surface area (Å²) in [5, 5.41) is 35.5. The van der Waals surface area contributed by atoms with Gasteiger partial charge in [0.25, 0.3) is 0 Å². The minimum absolute atomic E-state index is 0.00930. The Balaban J connectivity index is 4.64. The van der Waals surface area contributed by atoms with E-state index in [9.17, 15) is 5.11 Å². The summed E-state index contributed by atoms with van der Waals surface area (Å²) in [7, 11) is 0. The van der Waals surface area contributed by atoms with Gasteiger partial charge in [-0.3, -0.25) is 0 Å². The van der Waals surface area contributed by atoms with Crippen LogP contribution in [-0.4, -0.2) is 42.7 Å². The summed E-state index contributed by atoms with van der Waals surface area (Å²) < 4.78 is 5.41. The van der Waals surface area contributed by atoms with Crippen LogP contribution >= 0.6 is 0 Å². The van der Waals surface area contributed by atoms with Crippen LogP contribution in [0.4, 0.5) is 0 Å². The lowest BCUT2D eigenvalue weighted by Gasteiger charge is -2.31. The molecule has 0 fully saturated rings. The Bertz CT molecular complexity index is 333. The van der Waals surface area contributed by atoms with Gasteiger partial charge in [-0.1, -0.05) is 0 Å². The van der Waals surface area contributed by atoms with Gasteiger partial charge in [-0.2, -0.15) is 10.5 Å². The smallest absolute Gasteiger partial charge is 0.215 e. The molecule has 110 valence electrons. The van der Waals surface area contributed by atoms with Crippen LogP contribution < -0.4 is 0 Å². The van der Waals surface area contributed by atoms with Crippen molar-refractivity contribution in [2.24, 2.45) is 5.41 Å². The van der Waals surface area contributed by atoms with Gasteiger partial charge < -0.3 is 19.8 Å². The molecule has 0 aliphatic carbocycles. The number of nitrogens with zero attached hydrogens (tertiary/aromatic N) is 3. The van der Waals surface area contributed by atoms with Crippen LogP contribution in [0, 0.1) is 34.6 Å². The minimum atomic E-state index is -0.930. The maximum Gasteiger partial charge on any atom is 0.215 e. The van der Waals surface area contributed by atoms with E-state index in [2.05, 4.69) is 17.0 Å². The average molecular weight is 279 g/mol. The fraction of sp³-hybridized carbons (Fsp3) is 0.786. The molecule has 0 saturated carbocycles. The molecule has 0 aromatic carbocycles. The summed E-state index contributed by atoms with van der Waals surface area (Å²) in [6.45, 7) is 7.14. The standard InChI is InChI=1S/C14H21N3O3/c1-17-9-6-14(4-2-7-15,5-3-8-16)12-20-11-13(19)10-18/h13,18-19H,2-6,9-12H2. The lowest BCUT2D eigenvalue weighted by atomic mass is 9.77. The highest BCUT2D eigenvalue weighted by Crippen LogP contribution is 2.34. The molecule has 0 aliphatic rings. The van der Waals surface area contributed by atoms with Crippen LogP contribution in [0.2, 0.25) is 0 Å². The molecule has 1 unspecified atom stereocenters. The van der Waals surface area contributed by atoms with Crippen LogP contribution in [0.5, 0.6) is 0 Å². The lowest BCUT2D eigenvalue weighted by molar-refractivity contribution is -0.0309. The molecule has 0 bridgehead atoms. The lowest BCUT2D eigenvalue weighted by Crippen LogP contribution is -2.31. The minimum Gasteiger partial charge on any atom is -0.394 e. The van der Waals surface area contributed by atoms with E-state index in [1.54, 1.807) is 0 Å². The second kappa shape index (κ2) is 11.2. The molecule has 0 spiro atoms. The van der Waals surface area contributed by atoms with Crippen molar-refractivity contribution in [1.82, 2.24) is 0 Å². The normalized spacial score (nSPS) is 12.2. The van der Waals surface area contributed by atoms with Gasteiger partial charge in [0, 0.05) is 24.7 Å². The highest BCUT2D eigenvalue weighted by Gasteiger charge is 2.31. The van der Waals surface area contributed by atoms with Crippen molar-refractivity contribution in [3.8, 4) is 12.1 Å². The van der Waals surface area contributed by atoms with E-state index in [0.717, 1.165) is 0 Å². The Morgan fingerprint density at radius 2 is 1.80 bits per heavy atom. The fourth-order valence-electron chi connectivity index (χ4n) is 1.99. The molecule has 0 amide bonds. The summed E-state index contributed by atoms with van der Waals surface area (Å²) in [4.78, 5) is 3.34. The first-order valence-electron chi connectivity index (χ1n) is 6.58. The Morgan fingerprint density at radius 3 is 2.25 bits per heavy atom. The van der Waals surface area contributed by atoms with Crippen molar-refractivity contribution in [3.05, 3.63) is 11.4 Å². The van der Waals surface area contributed by atoms with Crippen molar-refractivity contribution >= 4 is 0 Å². The number of rotatable bonds is 11. The van der Waals surface area contributed by atoms with Crippen molar-refractivity contribution in [2.45, 2.75) is 38.2 Å². The average Bonchev–Trinajstić information content (AvgIpc) is 2.48. The predicted molar refractivity (Wildman–Crippen MR) is 72.1 cm³/mol. The molecule has 1 atom stereocenters. The number of hydrogen-bond donors (Lipinski definition) is 2. The molecule has 0 radical (unpaired) electrons. The molecule has 0 aromatic rings. The highest BCUT2D eigenvalue weighted by atomic mass is 16.5. The van der Waals surface area contributed by atoms with Gasteiger partial charge in [0.2, 0.25) is 6.54 Å². The van der Waals surface area contributed by atoms with Gasteiger partial charge in [0.05, 0.1) is 32.0 Å². The van der Waals surface area contributed by atoms with Gasteiger partial charge in [-0.25, -0.2) is 6.57 Å². The number of nitriles is 2. The quantitative estimate of drug-likeness (QED) is 0.554. The maximum atomic E-state index is 9.25. The Labute approximate surface area is 120 Å². The fourth-order valence-corrected chi connectivity index (χ4v) is 1.99. The molecule has 0 aromatic heterocycles. The van der Waals surface area contributed by atoms with E-state index >= 15 is 0 Å². The SMILES string of the molecule is [C-]#[N+]CCC(CCC#N)(CCC#N)COCC(O)CO. The monoisotopic (exact) mass is 279 g/mol. The van der Waals surface area contributed by atoms with Crippen LogP contribution in [0.3, 0.4) is 0 Å². The van der Waals surface area contributed by atoms with Crippen LogP contribution in [0.15, 0.2) is 0 Å². The van der Waals surface area contributed by atoms with Crippen molar-refractivity contribution < 1.29 is 14.9 Å². The molecule has 20 heavy (non-hydrogen) atoms. The Kier molecular flexibility index (Phi) is 10.3. The molecule has 2 N–H and O–H groups in total. The van der Waals surface area contributed by atoms with Gasteiger partial charge in [-0.15, -0.1) is 0 Å². The van der Waals surface area contributed by atoms with Gasteiger partial charge in [0.1, 0.15) is 6.10 Å². The zero-order valence-electron chi connectivity index (χ0n) is 11.6. The molecule has 0 rings (SSSR count). The summed E-state index contributed by atoms with van der Waals surface area (Å²) in [6.07, 6.45) is 1.45. The van der Waals surface area contributed by atoms with E-state index in [1.165, 1.54) is 0 Å². The number of aliphatic hydroxyl groups is 2. The topological polar surface area (TPSA) is 102 Å². The summed E-state index contributed by atoms with van der Waals surface area (Å²) in [5.74, 6) is 0. The molecule has 6 nitrogen and oxygen atoms in total. The van der Waals surface area contributed by atoms with Crippen molar-refractivity contribution in [1.29, 1.82) is 10.5 Å². The Morgan fingerprint density at radius 1 is 1.20 bits per heavy atom. The number of ether oxygens (including phenoxy) is 1. The van der Waals surface area contributed by atoms with Gasteiger partial charge in [0.15, 0.2) is 0 Å². The first-order chi connectivity index (χ1) is 9.64. The number of hydrogen-bond acceptors (Lipinski definition) is 5. The number of aliphatic hydroxyl groups excluding tert-OH is 2. The van der Waals surface area contributed by atoms with Crippen LogP contribution in [0.25, 0.3) is 4.85 Å². The summed E-state index contributed by atoms with van der Waals surface area (Å²) in [6, 6.07) is 4.16. The molecule has 0 saturated heterocycles. The van der Waals surface area contributed by atoms with Gasteiger partial charge >= 0.3 is 0 Å². The second-order valence-corrected chi connectivity index (χ2v) is 4.80. The van der Waals surface area contributed by atoms with E-state index in [1.807, 2.05) is 0 Å². The van der Waals surface area contributed by atoms with E-state index in [0.29, 0.717) is 38.6 Å². The first-order valence-corrected chi connectivity index (χ1v) is 6.58. The molecule has 0 aliphatic heterocycles. The predicted octanol–water partition coefficient (Wildman–Crippen LogP) is 1.26. The largest absolute Gasteiger partial charge is 0.394 e. The third-order valence-electron chi connectivity index (χ3n) is 3.22. The third-order valence-corrected chi connectivity index (χ3v) is 3.22. The zero-order valence-corrected chi connectivity index (χ0v) is 11.6. The second-order valence-electron chi connectivity index (χ2n) is 4.80. The van der Waals surface area contributed by atoms with E-state index in [-0.39, 0.29) is 25.2 Å².